The fraction of sp³-hybridized carbons (Fsp3) is 0.667. The second-order valence-electron chi connectivity index (χ2n) is 22.4. The van der Waals surface area contributed by atoms with E-state index in [0.29, 0.717) is 0 Å². The number of rotatable bonds is 52. The van der Waals surface area contributed by atoms with Crippen LogP contribution in [0.1, 0.15) is 285 Å². The summed E-state index contributed by atoms with van der Waals surface area (Å²) in [6.07, 6.45) is 53.6. The van der Waals surface area contributed by atoms with Crippen molar-refractivity contribution in [2.45, 2.75) is 304 Å². The van der Waals surface area contributed by atoms with Crippen LogP contribution < -0.4 is 18.9 Å². The molecule has 0 spiro atoms. The van der Waals surface area contributed by atoms with Crippen LogP contribution in [0.3, 0.4) is 0 Å². The van der Waals surface area contributed by atoms with Gasteiger partial charge in [0, 0.05) is 19.6 Å². The highest BCUT2D eigenvalue weighted by atomic mass is 32.2. The molecule has 0 heterocycles. The predicted octanol–water partition coefficient (Wildman–Crippen LogP) is 23.9. The molecule has 5 nitrogen and oxygen atoms in total. The summed E-state index contributed by atoms with van der Waals surface area (Å²) >= 11 is 1.78. The number of hydrogen-bond donors (Lipinski definition) is 0. The summed E-state index contributed by atoms with van der Waals surface area (Å²) in [5, 5.41) is 0. The zero-order valence-electron chi connectivity index (χ0n) is 51.2. The predicted molar refractivity (Wildman–Crippen MR) is 344 cm³/mol. The van der Waals surface area contributed by atoms with E-state index in [0.717, 1.165) is 84.9 Å². The second kappa shape index (κ2) is 51.5. The van der Waals surface area contributed by atoms with Crippen LogP contribution in [-0.4, -0.2) is 30.6 Å². The van der Waals surface area contributed by atoms with Crippen LogP contribution >= 0.6 is 11.8 Å². The molecular weight excluding hydrogens is 1010 g/mol. The quantitative estimate of drug-likeness (QED) is 0.0411. The van der Waals surface area contributed by atoms with Gasteiger partial charge in [-0.15, -0.1) is 0 Å². The molecule has 0 unspecified atom stereocenters. The highest BCUT2D eigenvalue weighted by Gasteiger charge is 2.09. The van der Waals surface area contributed by atoms with Crippen LogP contribution in [0.25, 0.3) is 0 Å². The van der Waals surface area contributed by atoms with Crippen LogP contribution in [-0.2, 0) is 10.8 Å². The van der Waals surface area contributed by atoms with Gasteiger partial charge in [0.1, 0.15) is 23.0 Å². The molecule has 0 aromatic heterocycles. The van der Waals surface area contributed by atoms with Crippen molar-refractivity contribution in [1.29, 1.82) is 0 Å². The lowest BCUT2D eigenvalue weighted by atomic mass is 10.1. The van der Waals surface area contributed by atoms with Crippen LogP contribution in [0.15, 0.2) is 117 Å². The standard InChI is InChI=1S/C36H58O3S.C36H58O2S/c1-3-5-7-9-11-13-15-17-19-21-31-38-33-23-27-35(28-24-33)40(37)36-29-25-34(26-30-36)39-32-22-20-18-16-14-12-10-8-6-4-2;1-3-5-7-9-11-13-15-17-19-21-31-37-33-23-27-35(28-24-33)39-36-29-25-34(26-30-36)38-32-22-20-18-16-14-12-10-8-6-4-2/h23-30H,3-22,31-32H2,1-2H3;23-30H,3-22,31-32H2,1-2H3. The maximum atomic E-state index is 13.0. The monoisotopic (exact) mass is 1120 g/mol. The van der Waals surface area contributed by atoms with Gasteiger partial charge in [0.05, 0.1) is 37.2 Å². The molecule has 0 saturated carbocycles. The van der Waals surface area contributed by atoms with Crippen molar-refractivity contribution in [3.8, 4) is 23.0 Å². The van der Waals surface area contributed by atoms with E-state index < -0.39 is 10.8 Å². The third kappa shape index (κ3) is 38.8. The lowest BCUT2D eigenvalue weighted by Gasteiger charge is -2.09. The van der Waals surface area contributed by atoms with Crippen molar-refractivity contribution in [3.63, 3.8) is 0 Å². The van der Waals surface area contributed by atoms with E-state index >= 15 is 0 Å². The first-order chi connectivity index (χ1) is 39.1. The smallest absolute Gasteiger partial charge is 0.119 e. The molecule has 0 fully saturated rings. The van der Waals surface area contributed by atoms with Crippen molar-refractivity contribution in [1.82, 2.24) is 0 Å². The minimum absolute atomic E-state index is 0.750. The zero-order chi connectivity index (χ0) is 56.2. The van der Waals surface area contributed by atoms with E-state index in [1.165, 1.54) is 241 Å². The summed E-state index contributed by atoms with van der Waals surface area (Å²) in [7, 11) is -1.21. The van der Waals surface area contributed by atoms with Crippen molar-refractivity contribution >= 4 is 22.6 Å². The summed E-state index contributed by atoms with van der Waals surface area (Å²) in [6.45, 7) is 12.3. The van der Waals surface area contributed by atoms with Gasteiger partial charge in [0.15, 0.2) is 0 Å². The normalized spacial score (nSPS) is 11.2. The van der Waals surface area contributed by atoms with Gasteiger partial charge in [-0.2, -0.15) is 0 Å². The Kier molecular flexibility index (Phi) is 45.5. The Bertz CT molecular complexity index is 1790. The maximum absolute atomic E-state index is 13.0. The van der Waals surface area contributed by atoms with Gasteiger partial charge >= 0.3 is 0 Å². The number of benzene rings is 4. The average molecular weight is 1130 g/mol. The Morgan fingerprint density at radius 2 is 0.430 bits per heavy atom. The molecule has 7 heteroatoms. The lowest BCUT2D eigenvalue weighted by molar-refractivity contribution is 0.304. The molecular formula is C72H116O5S2. The first-order valence-electron chi connectivity index (χ1n) is 33.1. The average Bonchev–Trinajstić information content (AvgIpc) is 3.48. The molecule has 0 saturated heterocycles. The highest BCUT2D eigenvalue weighted by molar-refractivity contribution is 7.99. The summed E-state index contributed by atoms with van der Waals surface area (Å²) in [5.74, 6) is 3.66. The molecule has 0 atom stereocenters. The fourth-order valence-corrected chi connectivity index (χ4v) is 11.8. The molecule has 446 valence electrons. The summed E-state index contributed by atoms with van der Waals surface area (Å²) in [5.41, 5.74) is 0. The summed E-state index contributed by atoms with van der Waals surface area (Å²) in [4.78, 5) is 4.07. The van der Waals surface area contributed by atoms with E-state index in [1.807, 2.05) is 48.5 Å². The molecule has 4 aromatic carbocycles. The number of hydrogen-bond acceptors (Lipinski definition) is 6. The van der Waals surface area contributed by atoms with Crippen molar-refractivity contribution in [3.05, 3.63) is 97.1 Å². The minimum atomic E-state index is -1.21. The molecule has 0 N–H and O–H groups in total. The van der Waals surface area contributed by atoms with Crippen molar-refractivity contribution < 1.29 is 23.2 Å². The van der Waals surface area contributed by atoms with Crippen molar-refractivity contribution in [2.75, 3.05) is 26.4 Å². The fourth-order valence-electron chi connectivity index (χ4n) is 9.92. The van der Waals surface area contributed by atoms with Crippen LogP contribution in [0.5, 0.6) is 23.0 Å². The Morgan fingerprint density at radius 1 is 0.253 bits per heavy atom. The molecule has 0 aliphatic heterocycles. The maximum Gasteiger partial charge on any atom is 0.119 e. The summed E-state index contributed by atoms with van der Waals surface area (Å²) in [6, 6.07) is 32.5. The zero-order valence-corrected chi connectivity index (χ0v) is 52.8. The van der Waals surface area contributed by atoms with Gasteiger partial charge in [-0.3, -0.25) is 0 Å². The second-order valence-corrected chi connectivity index (χ2v) is 25.0. The van der Waals surface area contributed by atoms with E-state index in [-0.39, 0.29) is 0 Å². The minimum Gasteiger partial charge on any atom is -0.494 e. The van der Waals surface area contributed by atoms with Crippen LogP contribution in [0.4, 0.5) is 0 Å². The number of ether oxygens (including phenoxy) is 4. The molecule has 0 bridgehead atoms. The van der Waals surface area contributed by atoms with Gasteiger partial charge in [-0.05, 0) is 123 Å². The van der Waals surface area contributed by atoms with Gasteiger partial charge < -0.3 is 18.9 Å². The first kappa shape index (κ1) is 69.8. The number of unbranched alkanes of at least 4 members (excludes halogenated alkanes) is 36. The topological polar surface area (TPSA) is 54.0 Å². The highest BCUT2D eigenvalue weighted by Crippen LogP contribution is 2.31. The SMILES string of the molecule is CCCCCCCCCCCCOc1ccc(S(=O)c2ccc(OCCCCCCCCCCCC)cc2)cc1.CCCCCCCCCCCCOc1ccc(Sc2ccc(OCCCCCCCCCCCC)cc2)cc1. The summed E-state index contributed by atoms with van der Waals surface area (Å²) < 4.78 is 36.8. The van der Waals surface area contributed by atoms with E-state index in [4.69, 9.17) is 18.9 Å². The first-order valence-corrected chi connectivity index (χ1v) is 35.0. The van der Waals surface area contributed by atoms with Gasteiger partial charge in [0.25, 0.3) is 0 Å². The van der Waals surface area contributed by atoms with Crippen LogP contribution in [0.2, 0.25) is 0 Å². The molecule has 4 aromatic rings. The molecule has 0 aliphatic carbocycles. The molecule has 0 aliphatic rings. The largest absolute Gasteiger partial charge is 0.494 e. The Balaban J connectivity index is 0.000000415. The van der Waals surface area contributed by atoms with Gasteiger partial charge in [-0.25, -0.2) is 4.21 Å². The third-order valence-electron chi connectivity index (χ3n) is 15.0. The van der Waals surface area contributed by atoms with E-state index in [9.17, 15) is 4.21 Å². The van der Waals surface area contributed by atoms with Gasteiger partial charge in [0.2, 0.25) is 0 Å². The molecule has 0 radical (unpaired) electrons. The van der Waals surface area contributed by atoms with Gasteiger partial charge in [-0.1, -0.05) is 271 Å². The Labute approximate surface area is 493 Å². The molecule has 79 heavy (non-hydrogen) atoms. The lowest BCUT2D eigenvalue weighted by Crippen LogP contribution is -1.99. The third-order valence-corrected chi connectivity index (χ3v) is 17.4. The van der Waals surface area contributed by atoms with E-state index in [2.05, 4.69) is 76.2 Å². The Hall–Kier alpha value is -3.42. The van der Waals surface area contributed by atoms with E-state index in [1.54, 1.807) is 11.8 Å². The molecule has 0 amide bonds. The molecule has 4 rings (SSSR count). The Morgan fingerprint density at radius 3 is 0.633 bits per heavy atom. The van der Waals surface area contributed by atoms with Crippen molar-refractivity contribution in [2.24, 2.45) is 0 Å². The van der Waals surface area contributed by atoms with Crippen LogP contribution in [0, 0.1) is 0 Å².